The number of fused-ring (bicyclic) bond motifs is 1. The Hall–Kier alpha value is -2.01. The molecule has 0 amide bonds. The van der Waals surface area contributed by atoms with E-state index in [1.807, 2.05) is 26.2 Å². The number of benzene rings is 1. The third-order valence-electron chi connectivity index (χ3n) is 3.22. The molecule has 0 aliphatic heterocycles. The third kappa shape index (κ3) is 2.63. The Balaban J connectivity index is 2.77. The lowest BCUT2D eigenvalue weighted by molar-refractivity contribution is 0.397. The van der Waals surface area contributed by atoms with E-state index in [9.17, 15) is 0 Å². The molecule has 2 rings (SSSR count). The highest BCUT2D eigenvalue weighted by molar-refractivity contribution is 5.96. The molecule has 0 aliphatic carbocycles. The van der Waals surface area contributed by atoms with Gasteiger partial charge in [-0.25, -0.2) is 4.98 Å². The first kappa shape index (κ1) is 14.4. The van der Waals surface area contributed by atoms with E-state index in [1.165, 1.54) is 0 Å². The van der Waals surface area contributed by atoms with Crippen molar-refractivity contribution in [1.29, 1.82) is 0 Å². The Labute approximate surface area is 119 Å². The van der Waals surface area contributed by atoms with Crippen LogP contribution in [0, 0.1) is 0 Å². The van der Waals surface area contributed by atoms with Crippen LogP contribution in [-0.2, 0) is 6.42 Å². The summed E-state index contributed by atoms with van der Waals surface area (Å²) in [5.74, 6) is 1.46. The van der Waals surface area contributed by atoms with Gasteiger partial charge in [0.05, 0.1) is 14.2 Å². The van der Waals surface area contributed by atoms with E-state index < -0.39 is 0 Å². The third-order valence-corrected chi connectivity index (χ3v) is 3.22. The van der Waals surface area contributed by atoms with Gasteiger partial charge in [-0.2, -0.15) is 0 Å². The summed E-state index contributed by atoms with van der Waals surface area (Å²) in [7, 11) is 7.30. The second kappa shape index (κ2) is 5.96. The van der Waals surface area contributed by atoms with E-state index in [0.717, 1.165) is 34.5 Å². The van der Waals surface area contributed by atoms with Crippen LogP contribution in [0.5, 0.6) is 11.5 Å². The van der Waals surface area contributed by atoms with Gasteiger partial charge < -0.3 is 20.1 Å². The molecule has 1 heterocycles. The first-order valence-corrected chi connectivity index (χ1v) is 6.53. The number of ether oxygens (including phenoxy) is 2. The molecule has 0 bridgehead atoms. The summed E-state index contributed by atoms with van der Waals surface area (Å²) < 4.78 is 10.8. The maximum absolute atomic E-state index is 5.64. The summed E-state index contributed by atoms with van der Waals surface area (Å²) in [6, 6.07) is 5.89. The van der Waals surface area contributed by atoms with Crippen molar-refractivity contribution in [2.45, 2.75) is 6.42 Å². The maximum Gasteiger partial charge on any atom is 0.148 e. The SMILES string of the molecule is COc1cc(OC)c2nc(CCN)cc(N(C)C)c2c1. The summed E-state index contributed by atoms with van der Waals surface area (Å²) in [5, 5.41) is 1.01. The van der Waals surface area contributed by atoms with E-state index in [4.69, 9.17) is 15.2 Å². The number of hydrogen-bond donors (Lipinski definition) is 1. The Kier molecular flexibility index (Phi) is 4.29. The highest BCUT2D eigenvalue weighted by atomic mass is 16.5. The smallest absolute Gasteiger partial charge is 0.148 e. The van der Waals surface area contributed by atoms with Gasteiger partial charge in [-0.3, -0.25) is 0 Å². The molecule has 5 heteroatoms. The Morgan fingerprint density at radius 3 is 2.45 bits per heavy atom. The molecular formula is C15H21N3O2. The summed E-state index contributed by atoms with van der Waals surface area (Å²) in [6.07, 6.45) is 0.742. The summed E-state index contributed by atoms with van der Waals surface area (Å²) in [6.45, 7) is 0.573. The highest BCUT2D eigenvalue weighted by Gasteiger charge is 2.13. The van der Waals surface area contributed by atoms with E-state index in [-0.39, 0.29) is 0 Å². The number of nitrogens with zero attached hydrogens (tertiary/aromatic N) is 2. The number of anilines is 1. The predicted molar refractivity (Wildman–Crippen MR) is 81.9 cm³/mol. The number of methoxy groups -OCH3 is 2. The second-order valence-electron chi connectivity index (χ2n) is 4.79. The van der Waals surface area contributed by atoms with Gasteiger partial charge in [0.25, 0.3) is 0 Å². The minimum absolute atomic E-state index is 0.573. The zero-order chi connectivity index (χ0) is 14.7. The first-order valence-electron chi connectivity index (χ1n) is 6.53. The van der Waals surface area contributed by atoms with Crippen molar-refractivity contribution >= 4 is 16.6 Å². The van der Waals surface area contributed by atoms with Crippen LogP contribution in [0.25, 0.3) is 10.9 Å². The monoisotopic (exact) mass is 275 g/mol. The molecule has 0 spiro atoms. The van der Waals surface area contributed by atoms with Crippen LogP contribution in [0.15, 0.2) is 18.2 Å². The van der Waals surface area contributed by atoms with Crippen LogP contribution >= 0.6 is 0 Å². The van der Waals surface area contributed by atoms with Gasteiger partial charge in [0.15, 0.2) is 0 Å². The normalized spacial score (nSPS) is 10.7. The van der Waals surface area contributed by atoms with Crippen LogP contribution in [0.1, 0.15) is 5.69 Å². The van der Waals surface area contributed by atoms with Crippen molar-refractivity contribution in [3.05, 3.63) is 23.9 Å². The van der Waals surface area contributed by atoms with E-state index in [0.29, 0.717) is 12.3 Å². The molecule has 108 valence electrons. The van der Waals surface area contributed by atoms with Gasteiger partial charge in [0.2, 0.25) is 0 Å². The Morgan fingerprint density at radius 2 is 1.90 bits per heavy atom. The molecule has 0 unspecified atom stereocenters. The Bertz CT molecular complexity index is 612. The molecule has 0 radical (unpaired) electrons. The molecule has 1 aromatic heterocycles. The lowest BCUT2D eigenvalue weighted by Crippen LogP contribution is -2.12. The highest BCUT2D eigenvalue weighted by Crippen LogP contribution is 2.35. The lowest BCUT2D eigenvalue weighted by atomic mass is 10.1. The molecule has 20 heavy (non-hydrogen) atoms. The van der Waals surface area contributed by atoms with E-state index in [1.54, 1.807) is 14.2 Å². The Morgan fingerprint density at radius 1 is 1.15 bits per heavy atom. The molecule has 0 fully saturated rings. The number of aromatic nitrogens is 1. The van der Waals surface area contributed by atoms with Gasteiger partial charge >= 0.3 is 0 Å². The molecule has 0 atom stereocenters. The van der Waals surface area contributed by atoms with Gasteiger partial charge in [-0.1, -0.05) is 0 Å². The molecule has 0 saturated heterocycles. The van der Waals surface area contributed by atoms with Crippen molar-refractivity contribution in [1.82, 2.24) is 4.98 Å². The fraction of sp³-hybridized carbons (Fsp3) is 0.400. The van der Waals surface area contributed by atoms with Crippen molar-refractivity contribution in [2.75, 3.05) is 39.8 Å². The van der Waals surface area contributed by atoms with Crippen molar-refractivity contribution in [3.63, 3.8) is 0 Å². The summed E-state index contributed by atoms with van der Waals surface area (Å²) in [4.78, 5) is 6.73. The second-order valence-corrected chi connectivity index (χ2v) is 4.79. The lowest BCUT2D eigenvalue weighted by Gasteiger charge is -2.18. The van der Waals surface area contributed by atoms with Gasteiger partial charge in [-0.15, -0.1) is 0 Å². The quantitative estimate of drug-likeness (QED) is 0.902. The van der Waals surface area contributed by atoms with Crippen LogP contribution in [0.3, 0.4) is 0 Å². The zero-order valence-electron chi connectivity index (χ0n) is 12.4. The predicted octanol–water partition coefficient (Wildman–Crippen LogP) is 1.82. The molecule has 5 nitrogen and oxygen atoms in total. The van der Waals surface area contributed by atoms with Gasteiger partial charge in [0.1, 0.15) is 17.0 Å². The minimum Gasteiger partial charge on any atom is -0.497 e. The number of hydrogen-bond acceptors (Lipinski definition) is 5. The number of nitrogens with two attached hydrogens (primary N) is 1. The number of pyridine rings is 1. The van der Waals surface area contributed by atoms with Gasteiger partial charge in [-0.05, 0) is 18.7 Å². The molecule has 2 N–H and O–H groups in total. The topological polar surface area (TPSA) is 60.6 Å². The summed E-state index contributed by atoms with van der Waals surface area (Å²) in [5.41, 5.74) is 8.52. The average Bonchev–Trinajstić information content (AvgIpc) is 2.45. The average molecular weight is 275 g/mol. The maximum atomic E-state index is 5.64. The van der Waals surface area contributed by atoms with Gasteiger partial charge in [0, 0.05) is 43.4 Å². The first-order chi connectivity index (χ1) is 9.60. The molecule has 0 aliphatic rings. The summed E-state index contributed by atoms with van der Waals surface area (Å²) >= 11 is 0. The van der Waals surface area contributed by atoms with Crippen LogP contribution < -0.4 is 20.1 Å². The molecule has 0 saturated carbocycles. The zero-order valence-corrected chi connectivity index (χ0v) is 12.4. The fourth-order valence-corrected chi connectivity index (χ4v) is 2.22. The van der Waals surface area contributed by atoms with Crippen molar-refractivity contribution in [3.8, 4) is 11.5 Å². The minimum atomic E-state index is 0.573. The molecule has 1 aromatic carbocycles. The van der Waals surface area contributed by atoms with Crippen molar-refractivity contribution in [2.24, 2.45) is 5.73 Å². The van der Waals surface area contributed by atoms with Crippen LogP contribution in [0.4, 0.5) is 5.69 Å². The van der Waals surface area contributed by atoms with Crippen LogP contribution in [0.2, 0.25) is 0 Å². The van der Waals surface area contributed by atoms with Crippen molar-refractivity contribution < 1.29 is 9.47 Å². The molecule has 2 aromatic rings. The largest absolute Gasteiger partial charge is 0.497 e. The fourth-order valence-electron chi connectivity index (χ4n) is 2.22. The van der Waals surface area contributed by atoms with E-state index in [2.05, 4.69) is 16.0 Å². The standard InChI is InChI=1S/C15H21N3O2/c1-18(2)13-7-10(5-6-16)17-15-12(13)8-11(19-3)9-14(15)20-4/h7-9H,5-6,16H2,1-4H3. The molecular weight excluding hydrogens is 254 g/mol. The van der Waals surface area contributed by atoms with E-state index >= 15 is 0 Å². The van der Waals surface area contributed by atoms with Crippen LogP contribution in [-0.4, -0.2) is 39.8 Å². The number of rotatable bonds is 5.